The SMILES string of the molecule is CCCCCCCCC(C)OC(=O)NC(C)(Cc1c[nH]c2ccccc12)C(=O)NCCc1ccccc1. The molecule has 3 rings (SSSR count). The van der Waals surface area contributed by atoms with E-state index in [1.807, 2.05) is 67.7 Å². The van der Waals surface area contributed by atoms with Gasteiger partial charge in [-0.15, -0.1) is 0 Å². The van der Waals surface area contributed by atoms with Crippen LogP contribution in [0.5, 0.6) is 0 Å². The van der Waals surface area contributed by atoms with Crippen LogP contribution in [0, 0.1) is 0 Å². The summed E-state index contributed by atoms with van der Waals surface area (Å²) in [6.07, 6.45) is 10.2. The zero-order chi connectivity index (χ0) is 26.5. The zero-order valence-corrected chi connectivity index (χ0v) is 22.6. The van der Waals surface area contributed by atoms with E-state index in [9.17, 15) is 9.59 Å². The number of hydrogen-bond donors (Lipinski definition) is 3. The highest BCUT2D eigenvalue weighted by Gasteiger charge is 2.36. The molecule has 6 nitrogen and oxygen atoms in total. The van der Waals surface area contributed by atoms with Crippen LogP contribution in [-0.2, 0) is 22.4 Å². The van der Waals surface area contributed by atoms with E-state index in [-0.39, 0.29) is 12.0 Å². The zero-order valence-electron chi connectivity index (χ0n) is 22.6. The number of carbonyl (C=O) groups is 2. The maximum atomic E-state index is 13.4. The molecule has 2 atom stereocenters. The summed E-state index contributed by atoms with van der Waals surface area (Å²) in [5, 5.41) is 6.98. The maximum absolute atomic E-state index is 13.4. The number of H-pyrrole nitrogens is 1. The maximum Gasteiger partial charge on any atom is 0.408 e. The molecule has 37 heavy (non-hydrogen) atoms. The first-order valence-electron chi connectivity index (χ1n) is 13.8. The van der Waals surface area contributed by atoms with Gasteiger partial charge in [-0.1, -0.05) is 87.6 Å². The molecule has 6 heteroatoms. The molecule has 0 saturated carbocycles. The smallest absolute Gasteiger partial charge is 0.408 e. The summed E-state index contributed by atoms with van der Waals surface area (Å²) >= 11 is 0. The molecule has 0 saturated heterocycles. The van der Waals surface area contributed by atoms with Crippen LogP contribution in [0.1, 0.15) is 76.8 Å². The van der Waals surface area contributed by atoms with E-state index in [0.717, 1.165) is 47.7 Å². The predicted octanol–water partition coefficient (Wildman–Crippen LogP) is 6.69. The molecular weight excluding hydrogens is 462 g/mol. The third-order valence-electron chi connectivity index (χ3n) is 6.91. The largest absolute Gasteiger partial charge is 0.447 e. The van der Waals surface area contributed by atoms with Crippen molar-refractivity contribution in [2.24, 2.45) is 0 Å². The normalized spacial score (nSPS) is 13.6. The number of ether oxygens (including phenoxy) is 1. The van der Waals surface area contributed by atoms with Crippen LogP contribution in [-0.4, -0.2) is 35.2 Å². The van der Waals surface area contributed by atoms with Gasteiger partial charge in [-0.2, -0.15) is 0 Å². The number of fused-ring (bicyclic) bond motifs is 1. The minimum absolute atomic E-state index is 0.204. The van der Waals surface area contributed by atoms with Gasteiger partial charge in [-0.3, -0.25) is 4.79 Å². The molecule has 2 aromatic carbocycles. The Balaban J connectivity index is 1.62. The predicted molar refractivity (Wildman–Crippen MR) is 151 cm³/mol. The number of aromatic nitrogens is 1. The number of hydrogen-bond acceptors (Lipinski definition) is 3. The van der Waals surface area contributed by atoms with Crippen molar-refractivity contribution in [3.63, 3.8) is 0 Å². The number of carbonyl (C=O) groups excluding carboxylic acids is 2. The second kappa shape index (κ2) is 14.5. The van der Waals surface area contributed by atoms with Crippen LogP contribution in [0.2, 0.25) is 0 Å². The van der Waals surface area contributed by atoms with Crippen LogP contribution >= 0.6 is 0 Å². The second-order valence-corrected chi connectivity index (χ2v) is 10.3. The van der Waals surface area contributed by atoms with Gasteiger partial charge < -0.3 is 20.4 Å². The lowest BCUT2D eigenvalue weighted by molar-refractivity contribution is -0.126. The van der Waals surface area contributed by atoms with Crippen molar-refractivity contribution in [2.75, 3.05) is 6.54 Å². The molecule has 200 valence electrons. The van der Waals surface area contributed by atoms with Gasteiger partial charge in [-0.05, 0) is 50.3 Å². The number of unbranched alkanes of at least 4 members (excludes halogenated alkanes) is 5. The molecule has 3 N–H and O–H groups in total. The van der Waals surface area contributed by atoms with E-state index in [2.05, 4.69) is 22.5 Å². The summed E-state index contributed by atoms with van der Waals surface area (Å²) < 4.78 is 5.67. The molecule has 1 heterocycles. The van der Waals surface area contributed by atoms with Crippen molar-refractivity contribution in [1.82, 2.24) is 15.6 Å². The molecule has 0 spiro atoms. The number of rotatable bonds is 15. The lowest BCUT2D eigenvalue weighted by Crippen LogP contribution is -2.58. The van der Waals surface area contributed by atoms with Crippen LogP contribution in [0.4, 0.5) is 4.79 Å². The molecular formula is C31H43N3O3. The minimum atomic E-state index is -1.17. The van der Waals surface area contributed by atoms with Gasteiger partial charge in [0.25, 0.3) is 0 Å². The Bertz CT molecular complexity index is 1110. The molecule has 2 amide bonds. The molecule has 0 bridgehead atoms. The lowest BCUT2D eigenvalue weighted by atomic mass is 9.91. The summed E-state index contributed by atoms with van der Waals surface area (Å²) in [4.78, 5) is 29.6. The second-order valence-electron chi connectivity index (χ2n) is 10.3. The molecule has 0 radical (unpaired) electrons. The molecule has 0 aliphatic rings. The Kier molecular flexibility index (Phi) is 11.1. The van der Waals surface area contributed by atoms with E-state index in [1.165, 1.54) is 25.7 Å². The number of alkyl carbamates (subject to hydrolysis) is 1. The van der Waals surface area contributed by atoms with Crippen LogP contribution in [0.3, 0.4) is 0 Å². The summed E-state index contributed by atoms with van der Waals surface area (Å²) in [6.45, 7) is 6.39. The third kappa shape index (κ3) is 8.96. The van der Waals surface area contributed by atoms with Gasteiger partial charge in [-0.25, -0.2) is 4.79 Å². The highest BCUT2D eigenvalue weighted by atomic mass is 16.6. The van der Waals surface area contributed by atoms with Crippen molar-refractivity contribution in [1.29, 1.82) is 0 Å². The van der Waals surface area contributed by atoms with E-state index in [1.54, 1.807) is 6.92 Å². The molecule has 0 aliphatic heterocycles. The van der Waals surface area contributed by atoms with Crippen molar-refractivity contribution in [3.8, 4) is 0 Å². The number of benzene rings is 2. The highest BCUT2D eigenvalue weighted by molar-refractivity contribution is 5.91. The summed E-state index contributed by atoms with van der Waals surface area (Å²) in [6, 6.07) is 18.0. The first-order valence-corrected chi connectivity index (χ1v) is 13.8. The summed E-state index contributed by atoms with van der Waals surface area (Å²) in [7, 11) is 0. The fourth-order valence-corrected chi connectivity index (χ4v) is 4.71. The van der Waals surface area contributed by atoms with Crippen LogP contribution < -0.4 is 10.6 Å². The first kappa shape index (κ1) is 28.3. The average Bonchev–Trinajstić information content (AvgIpc) is 3.29. The van der Waals surface area contributed by atoms with E-state index < -0.39 is 11.6 Å². The number of aromatic amines is 1. The summed E-state index contributed by atoms with van der Waals surface area (Å²) in [5.41, 5.74) is 1.95. The Morgan fingerprint density at radius 2 is 1.68 bits per heavy atom. The average molecular weight is 506 g/mol. The standard InChI is InChI=1S/C31H43N3O3/c1-4-5-6-7-8-10-15-24(2)37-30(36)34-31(3,22-26-23-33-28-19-14-13-18-27(26)28)29(35)32-21-20-25-16-11-9-12-17-25/h9,11-14,16-19,23-24,33H,4-8,10,15,20-22H2,1-3H3,(H,32,35)(H,34,36). The Morgan fingerprint density at radius 1 is 0.973 bits per heavy atom. The van der Waals surface area contributed by atoms with Crippen LogP contribution in [0.15, 0.2) is 60.8 Å². The molecule has 3 aromatic rings. The van der Waals surface area contributed by atoms with Crippen LogP contribution in [0.25, 0.3) is 10.9 Å². The number of amides is 2. The van der Waals surface area contributed by atoms with Crippen molar-refractivity contribution in [2.45, 2.75) is 90.2 Å². The van der Waals surface area contributed by atoms with Gasteiger partial charge in [0.15, 0.2) is 0 Å². The highest BCUT2D eigenvalue weighted by Crippen LogP contribution is 2.23. The van der Waals surface area contributed by atoms with Crippen molar-refractivity contribution < 1.29 is 14.3 Å². The van der Waals surface area contributed by atoms with Gasteiger partial charge in [0.2, 0.25) is 5.91 Å². The summed E-state index contributed by atoms with van der Waals surface area (Å²) in [5.74, 6) is -0.228. The van der Waals surface area contributed by atoms with Gasteiger partial charge in [0, 0.05) is 30.1 Å². The topological polar surface area (TPSA) is 83.2 Å². The fraction of sp³-hybridized carbons (Fsp3) is 0.484. The lowest BCUT2D eigenvalue weighted by Gasteiger charge is -2.30. The molecule has 1 aromatic heterocycles. The van der Waals surface area contributed by atoms with Crippen molar-refractivity contribution in [3.05, 3.63) is 71.9 Å². The Morgan fingerprint density at radius 3 is 2.46 bits per heavy atom. The Hall–Kier alpha value is -3.28. The number of para-hydroxylation sites is 1. The van der Waals surface area contributed by atoms with E-state index >= 15 is 0 Å². The quantitative estimate of drug-likeness (QED) is 0.201. The minimum Gasteiger partial charge on any atom is -0.447 e. The van der Waals surface area contributed by atoms with E-state index in [0.29, 0.717) is 13.0 Å². The molecule has 2 unspecified atom stereocenters. The first-order chi connectivity index (χ1) is 17.9. The monoisotopic (exact) mass is 505 g/mol. The van der Waals surface area contributed by atoms with Gasteiger partial charge in [0.1, 0.15) is 11.6 Å². The third-order valence-corrected chi connectivity index (χ3v) is 6.91. The van der Waals surface area contributed by atoms with E-state index in [4.69, 9.17) is 4.74 Å². The van der Waals surface area contributed by atoms with Gasteiger partial charge in [0.05, 0.1) is 0 Å². The van der Waals surface area contributed by atoms with Gasteiger partial charge >= 0.3 is 6.09 Å². The Labute approximate surface area is 221 Å². The number of nitrogens with one attached hydrogen (secondary N) is 3. The molecule has 0 fully saturated rings. The fourth-order valence-electron chi connectivity index (χ4n) is 4.71. The molecule has 0 aliphatic carbocycles. The van der Waals surface area contributed by atoms with Crippen molar-refractivity contribution >= 4 is 22.9 Å².